The fraction of sp³-hybridized carbons (Fsp3) is 0.143. The third-order valence-electron chi connectivity index (χ3n) is 2.77. The van der Waals surface area contributed by atoms with Crippen LogP contribution >= 0.6 is 15.9 Å². The van der Waals surface area contributed by atoms with Crippen molar-refractivity contribution in [3.63, 3.8) is 0 Å². The monoisotopic (exact) mass is 334 g/mol. The average molecular weight is 335 g/mol. The molecule has 0 spiro atoms. The molecule has 0 unspecified atom stereocenters. The van der Waals surface area contributed by atoms with Crippen LogP contribution in [0.4, 0.5) is 11.5 Å². The van der Waals surface area contributed by atoms with E-state index in [1.54, 1.807) is 12.1 Å². The van der Waals surface area contributed by atoms with Crippen molar-refractivity contribution in [1.29, 1.82) is 0 Å². The number of nitrogens with two attached hydrogens (primary N) is 1. The first kappa shape index (κ1) is 14.5. The van der Waals surface area contributed by atoms with Gasteiger partial charge in [-0.15, -0.1) is 0 Å². The van der Waals surface area contributed by atoms with Crippen LogP contribution in [0, 0.1) is 0 Å². The number of aromatic nitrogens is 1. The van der Waals surface area contributed by atoms with Gasteiger partial charge in [0, 0.05) is 15.7 Å². The number of carbonyl (C=O) groups excluding carboxylic acids is 1. The third-order valence-corrected chi connectivity index (χ3v) is 3.46. The van der Waals surface area contributed by atoms with Crippen LogP contribution in [-0.4, -0.2) is 10.9 Å². The minimum atomic E-state index is -0.203. The van der Waals surface area contributed by atoms with Gasteiger partial charge in [0.25, 0.3) is 5.91 Å². The normalized spacial score (nSPS) is 10.2. The zero-order valence-corrected chi connectivity index (χ0v) is 12.6. The van der Waals surface area contributed by atoms with Gasteiger partial charge in [0.2, 0.25) is 0 Å². The average Bonchev–Trinajstić information content (AvgIpc) is 2.48. The molecular weight excluding hydrogens is 320 g/mol. The molecule has 5 nitrogen and oxygen atoms in total. The van der Waals surface area contributed by atoms with Gasteiger partial charge in [-0.3, -0.25) is 4.79 Å². The van der Waals surface area contributed by atoms with Crippen LogP contribution in [0.25, 0.3) is 0 Å². The zero-order valence-electron chi connectivity index (χ0n) is 11.0. The third kappa shape index (κ3) is 3.34. The SMILES string of the molecule is CCc1cc(C(=O)Nc2ccccc2Br)cc(NN)n1. The van der Waals surface area contributed by atoms with E-state index in [0.717, 1.165) is 22.3 Å². The van der Waals surface area contributed by atoms with Crippen LogP contribution in [0.1, 0.15) is 23.0 Å². The minimum absolute atomic E-state index is 0.203. The lowest BCUT2D eigenvalue weighted by Gasteiger charge is -2.09. The summed E-state index contributed by atoms with van der Waals surface area (Å²) in [6.07, 6.45) is 0.727. The molecule has 6 heteroatoms. The predicted molar refractivity (Wildman–Crippen MR) is 83.5 cm³/mol. The number of aryl methyl sites for hydroxylation is 1. The number of nitrogens with one attached hydrogen (secondary N) is 2. The second kappa shape index (κ2) is 6.49. The molecule has 0 aliphatic carbocycles. The molecule has 0 saturated carbocycles. The number of amides is 1. The first-order valence-electron chi connectivity index (χ1n) is 6.17. The lowest BCUT2D eigenvalue weighted by Crippen LogP contribution is -2.15. The Labute approximate surface area is 125 Å². The summed E-state index contributed by atoms with van der Waals surface area (Å²) in [4.78, 5) is 16.5. The number of carbonyl (C=O) groups is 1. The minimum Gasteiger partial charge on any atom is -0.321 e. The quantitative estimate of drug-likeness (QED) is 0.593. The number of para-hydroxylation sites is 1. The van der Waals surface area contributed by atoms with Gasteiger partial charge in [-0.25, -0.2) is 10.8 Å². The maximum Gasteiger partial charge on any atom is 0.255 e. The lowest BCUT2D eigenvalue weighted by molar-refractivity contribution is 0.102. The van der Waals surface area contributed by atoms with Crippen LogP contribution < -0.4 is 16.6 Å². The number of rotatable bonds is 4. The molecule has 1 aromatic carbocycles. The van der Waals surface area contributed by atoms with Crippen molar-refractivity contribution >= 4 is 33.3 Å². The number of hydrogen-bond acceptors (Lipinski definition) is 4. The molecule has 0 atom stereocenters. The molecule has 0 bridgehead atoms. The highest BCUT2D eigenvalue weighted by molar-refractivity contribution is 9.10. The van der Waals surface area contributed by atoms with Gasteiger partial charge in [-0.05, 0) is 46.6 Å². The largest absolute Gasteiger partial charge is 0.321 e. The van der Waals surface area contributed by atoms with Crippen LogP contribution in [0.3, 0.4) is 0 Å². The molecule has 0 saturated heterocycles. The molecule has 104 valence electrons. The Morgan fingerprint density at radius 2 is 2.10 bits per heavy atom. The highest BCUT2D eigenvalue weighted by Gasteiger charge is 2.10. The van der Waals surface area contributed by atoms with Crippen molar-refractivity contribution in [1.82, 2.24) is 4.98 Å². The molecule has 4 N–H and O–H groups in total. The van der Waals surface area contributed by atoms with Crippen molar-refractivity contribution in [2.75, 3.05) is 10.7 Å². The van der Waals surface area contributed by atoms with Crippen LogP contribution in [-0.2, 0) is 6.42 Å². The molecule has 0 aliphatic heterocycles. The van der Waals surface area contributed by atoms with E-state index in [1.165, 1.54) is 0 Å². The number of benzene rings is 1. The summed E-state index contributed by atoms with van der Waals surface area (Å²) < 4.78 is 0.829. The van der Waals surface area contributed by atoms with Crippen molar-refractivity contribution < 1.29 is 4.79 Å². The van der Waals surface area contributed by atoms with Crippen LogP contribution in [0.2, 0.25) is 0 Å². The number of nitrogens with zero attached hydrogens (tertiary/aromatic N) is 1. The van der Waals surface area contributed by atoms with E-state index < -0.39 is 0 Å². The fourth-order valence-electron chi connectivity index (χ4n) is 1.73. The van der Waals surface area contributed by atoms with E-state index in [1.807, 2.05) is 31.2 Å². The van der Waals surface area contributed by atoms with Gasteiger partial charge >= 0.3 is 0 Å². The maximum atomic E-state index is 12.3. The Kier molecular flexibility index (Phi) is 4.70. The molecule has 0 aliphatic rings. The molecule has 1 aromatic heterocycles. The molecule has 0 fully saturated rings. The zero-order chi connectivity index (χ0) is 14.5. The van der Waals surface area contributed by atoms with Crippen molar-refractivity contribution in [2.24, 2.45) is 5.84 Å². The van der Waals surface area contributed by atoms with Crippen molar-refractivity contribution in [3.05, 3.63) is 52.1 Å². The van der Waals surface area contributed by atoms with Gasteiger partial charge in [0.15, 0.2) is 0 Å². The summed E-state index contributed by atoms with van der Waals surface area (Å²) >= 11 is 3.39. The summed E-state index contributed by atoms with van der Waals surface area (Å²) in [5.41, 5.74) is 4.51. The van der Waals surface area contributed by atoms with Gasteiger partial charge < -0.3 is 10.7 Å². The second-order valence-corrected chi connectivity index (χ2v) is 5.02. The molecule has 1 amide bonds. The topological polar surface area (TPSA) is 80.0 Å². The number of hydrazine groups is 1. The van der Waals surface area contributed by atoms with E-state index in [9.17, 15) is 4.79 Å². The lowest BCUT2D eigenvalue weighted by atomic mass is 10.1. The Bertz CT molecular complexity index is 608. The Hall–Kier alpha value is -1.92. The molecule has 1 heterocycles. The summed E-state index contributed by atoms with van der Waals surface area (Å²) in [6.45, 7) is 1.97. The smallest absolute Gasteiger partial charge is 0.255 e. The summed E-state index contributed by atoms with van der Waals surface area (Å²) in [5.74, 6) is 5.64. The number of hydrogen-bond donors (Lipinski definition) is 3. The molecule has 20 heavy (non-hydrogen) atoms. The number of pyridine rings is 1. The summed E-state index contributed by atoms with van der Waals surface area (Å²) in [7, 11) is 0. The highest BCUT2D eigenvalue weighted by Crippen LogP contribution is 2.22. The second-order valence-electron chi connectivity index (χ2n) is 4.16. The van der Waals surface area contributed by atoms with Crippen LogP contribution in [0.5, 0.6) is 0 Å². The van der Waals surface area contributed by atoms with E-state index in [2.05, 4.69) is 31.7 Å². The van der Waals surface area contributed by atoms with Crippen LogP contribution in [0.15, 0.2) is 40.9 Å². The maximum absolute atomic E-state index is 12.3. The van der Waals surface area contributed by atoms with E-state index >= 15 is 0 Å². The number of halogens is 1. The van der Waals surface area contributed by atoms with E-state index in [-0.39, 0.29) is 5.91 Å². The van der Waals surface area contributed by atoms with E-state index in [4.69, 9.17) is 5.84 Å². The summed E-state index contributed by atoms with van der Waals surface area (Å²) in [6, 6.07) is 10.8. The Balaban J connectivity index is 2.27. The molecule has 2 aromatic rings. The van der Waals surface area contributed by atoms with E-state index in [0.29, 0.717) is 11.4 Å². The van der Waals surface area contributed by atoms with Gasteiger partial charge in [0.1, 0.15) is 5.82 Å². The number of anilines is 2. The van der Waals surface area contributed by atoms with Gasteiger partial charge in [0.05, 0.1) is 5.69 Å². The number of nitrogen functional groups attached to an aromatic ring is 1. The Morgan fingerprint density at radius 1 is 1.35 bits per heavy atom. The predicted octanol–water partition coefficient (Wildman–Crippen LogP) is 2.94. The van der Waals surface area contributed by atoms with Crippen molar-refractivity contribution in [3.8, 4) is 0 Å². The molecular formula is C14H15BrN4O. The molecule has 2 rings (SSSR count). The van der Waals surface area contributed by atoms with Crippen molar-refractivity contribution in [2.45, 2.75) is 13.3 Å². The standard InChI is InChI=1S/C14H15BrN4O/c1-2-10-7-9(8-13(17-10)19-16)14(20)18-12-6-4-3-5-11(12)15/h3-8H,2,16H2,1H3,(H,17,19)(H,18,20). The van der Waals surface area contributed by atoms with Gasteiger partial charge in [-0.1, -0.05) is 19.1 Å². The fourth-order valence-corrected chi connectivity index (χ4v) is 2.11. The first-order valence-corrected chi connectivity index (χ1v) is 6.96. The summed E-state index contributed by atoms with van der Waals surface area (Å²) in [5, 5.41) is 2.85. The Morgan fingerprint density at radius 3 is 2.75 bits per heavy atom. The molecule has 0 radical (unpaired) electrons. The highest BCUT2D eigenvalue weighted by atomic mass is 79.9. The van der Waals surface area contributed by atoms with Gasteiger partial charge in [-0.2, -0.15) is 0 Å². The first-order chi connectivity index (χ1) is 9.63.